The van der Waals surface area contributed by atoms with Gasteiger partial charge in [0.05, 0.1) is 0 Å². The number of hydrogen-bond donors (Lipinski definition) is 2. The van der Waals surface area contributed by atoms with Crippen LogP contribution in [-0.2, 0) is 9.59 Å². The molecule has 0 aromatic carbocycles. The fourth-order valence-electron chi connectivity index (χ4n) is 3.59. The van der Waals surface area contributed by atoms with E-state index in [-0.39, 0.29) is 23.7 Å². The van der Waals surface area contributed by atoms with Crippen LogP contribution in [0, 0.1) is 17.8 Å². The van der Waals surface area contributed by atoms with Crippen molar-refractivity contribution >= 4 is 17.6 Å². The molecule has 0 radical (unpaired) electrons. The molecule has 3 rings (SSSR count). The molecular formula is C16H22N4O2. The van der Waals surface area contributed by atoms with Crippen molar-refractivity contribution in [2.75, 3.05) is 18.4 Å². The first-order valence-electron chi connectivity index (χ1n) is 8.06. The predicted octanol–water partition coefficient (Wildman–Crippen LogP) is 1.40. The first-order valence-corrected chi connectivity index (χ1v) is 8.06. The molecule has 0 saturated heterocycles. The number of Topliss-reactive ketones (excluding diaryl/α,β-unsaturated/α-hetero) is 1. The molecule has 2 saturated carbocycles. The van der Waals surface area contributed by atoms with Crippen LogP contribution < -0.4 is 10.6 Å². The molecular weight excluding hydrogens is 280 g/mol. The Labute approximate surface area is 130 Å². The highest BCUT2D eigenvalue weighted by atomic mass is 16.2. The summed E-state index contributed by atoms with van der Waals surface area (Å²) in [5.74, 6) is 1.30. The molecule has 0 aliphatic heterocycles. The zero-order valence-corrected chi connectivity index (χ0v) is 12.6. The van der Waals surface area contributed by atoms with E-state index in [1.165, 1.54) is 0 Å². The van der Waals surface area contributed by atoms with Crippen LogP contribution in [0.4, 0.5) is 5.95 Å². The Hall–Kier alpha value is -1.98. The van der Waals surface area contributed by atoms with Gasteiger partial charge in [-0.25, -0.2) is 9.97 Å². The van der Waals surface area contributed by atoms with Gasteiger partial charge in [0.25, 0.3) is 0 Å². The number of amides is 1. The van der Waals surface area contributed by atoms with Gasteiger partial charge in [-0.15, -0.1) is 0 Å². The van der Waals surface area contributed by atoms with Crippen molar-refractivity contribution in [1.29, 1.82) is 0 Å². The summed E-state index contributed by atoms with van der Waals surface area (Å²) in [5.41, 5.74) is 0. The largest absolute Gasteiger partial charge is 0.354 e. The second kappa shape index (κ2) is 6.85. The molecule has 1 aromatic heterocycles. The molecule has 6 nitrogen and oxygen atoms in total. The van der Waals surface area contributed by atoms with Crippen molar-refractivity contribution in [3.8, 4) is 0 Å². The van der Waals surface area contributed by atoms with E-state index in [9.17, 15) is 9.59 Å². The number of carbonyl (C=O) groups is 2. The number of nitrogens with zero attached hydrogens (tertiary/aromatic N) is 2. The Bertz CT molecular complexity index is 518. The second-order valence-corrected chi connectivity index (χ2v) is 6.19. The first-order chi connectivity index (χ1) is 10.7. The molecule has 0 spiro atoms. The summed E-state index contributed by atoms with van der Waals surface area (Å²) in [7, 11) is 0. The summed E-state index contributed by atoms with van der Waals surface area (Å²) >= 11 is 0. The summed E-state index contributed by atoms with van der Waals surface area (Å²) in [6.45, 7) is 1.13. The molecule has 1 aromatic rings. The Kier molecular flexibility index (Phi) is 4.65. The van der Waals surface area contributed by atoms with Crippen LogP contribution in [0.15, 0.2) is 18.5 Å². The van der Waals surface area contributed by atoms with Gasteiger partial charge >= 0.3 is 0 Å². The Morgan fingerprint density at radius 2 is 1.82 bits per heavy atom. The van der Waals surface area contributed by atoms with Crippen LogP contribution in [0.3, 0.4) is 0 Å². The van der Waals surface area contributed by atoms with Crippen molar-refractivity contribution < 1.29 is 9.59 Å². The maximum Gasteiger partial charge on any atom is 0.223 e. The van der Waals surface area contributed by atoms with Gasteiger partial charge in [-0.05, 0) is 31.7 Å². The zero-order chi connectivity index (χ0) is 15.4. The average molecular weight is 302 g/mol. The van der Waals surface area contributed by atoms with Crippen molar-refractivity contribution in [3.05, 3.63) is 18.5 Å². The lowest BCUT2D eigenvalue weighted by atomic mass is 9.67. The molecule has 2 fully saturated rings. The minimum atomic E-state index is 0.000903. The van der Waals surface area contributed by atoms with E-state index in [1.54, 1.807) is 18.5 Å². The number of carbonyl (C=O) groups excluding carboxylic acids is 2. The van der Waals surface area contributed by atoms with Gasteiger partial charge in [-0.2, -0.15) is 0 Å². The van der Waals surface area contributed by atoms with Crippen LogP contribution in [-0.4, -0.2) is 34.7 Å². The number of aromatic nitrogens is 2. The summed E-state index contributed by atoms with van der Waals surface area (Å²) in [4.78, 5) is 32.4. The minimum Gasteiger partial charge on any atom is -0.354 e. The third-order valence-corrected chi connectivity index (χ3v) is 4.69. The number of fused-ring (bicyclic) bond motifs is 2. The normalized spacial score (nSPS) is 27.3. The molecule has 22 heavy (non-hydrogen) atoms. The number of anilines is 1. The van der Waals surface area contributed by atoms with Crippen molar-refractivity contribution in [2.45, 2.75) is 32.1 Å². The highest BCUT2D eigenvalue weighted by Crippen LogP contribution is 2.40. The van der Waals surface area contributed by atoms with Crippen LogP contribution >= 0.6 is 0 Å². The van der Waals surface area contributed by atoms with Crippen LogP contribution in [0.2, 0.25) is 0 Å². The molecule has 6 heteroatoms. The molecule has 2 bridgehead atoms. The first kappa shape index (κ1) is 14.9. The standard InChI is InChI=1S/C16H22N4O2/c21-14-11-3-1-4-12(14)10-13(9-11)15(22)17-7-8-20-16-18-5-2-6-19-16/h2,5-6,11-13H,1,3-4,7-10H2,(H,17,22)(H,18,19,20)/t11-,12+,13?. The van der Waals surface area contributed by atoms with E-state index in [2.05, 4.69) is 20.6 Å². The quantitative estimate of drug-likeness (QED) is 0.803. The second-order valence-electron chi connectivity index (χ2n) is 6.19. The maximum atomic E-state index is 12.3. The van der Waals surface area contributed by atoms with Gasteiger partial charge in [0, 0.05) is 43.2 Å². The van der Waals surface area contributed by atoms with Gasteiger partial charge < -0.3 is 10.6 Å². The summed E-state index contributed by atoms with van der Waals surface area (Å²) in [6, 6.07) is 1.76. The van der Waals surface area contributed by atoms with E-state index in [0.29, 0.717) is 24.8 Å². The average Bonchev–Trinajstić information content (AvgIpc) is 2.52. The number of nitrogens with one attached hydrogen (secondary N) is 2. The monoisotopic (exact) mass is 302 g/mol. The molecule has 2 N–H and O–H groups in total. The summed E-state index contributed by atoms with van der Waals surface area (Å²) in [6.07, 6.45) is 7.87. The lowest BCUT2D eigenvalue weighted by Crippen LogP contribution is -2.43. The Morgan fingerprint density at radius 3 is 2.50 bits per heavy atom. The molecule has 3 atom stereocenters. The van der Waals surface area contributed by atoms with Gasteiger partial charge in [-0.1, -0.05) is 6.42 Å². The summed E-state index contributed by atoms with van der Waals surface area (Å²) < 4.78 is 0. The topological polar surface area (TPSA) is 84.0 Å². The van der Waals surface area contributed by atoms with Crippen LogP contribution in [0.5, 0.6) is 0 Å². The lowest BCUT2D eigenvalue weighted by molar-refractivity contribution is -0.137. The predicted molar refractivity (Wildman–Crippen MR) is 82.1 cm³/mol. The van der Waals surface area contributed by atoms with Crippen molar-refractivity contribution in [2.24, 2.45) is 17.8 Å². The third-order valence-electron chi connectivity index (χ3n) is 4.69. The van der Waals surface area contributed by atoms with Gasteiger partial charge in [0.2, 0.25) is 11.9 Å². The molecule has 1 heterocycles. The Balaban J connectivity index is 1.42. The molecule has 1 unspecified atom stereocenters. The van der Waals surface area contributed by atoms with E-state index >= 15 is 0 Å². The van der Waals surface area contributed by atoms with Gasteiger partial charge in [0.15, 0.2) is 0 Å². The fourth-order valence-corrected chi connectivity index (χ4v) is 3.59. The number of hydrogen-bond acceptors (Lipinski definition) is 5. The van der Waals surface area contributed by atoms with E-state index in [1.807, 2.05) is 0 Å². The van der Waals surface area contributed by atoms with E-state index in [4.69, 9.17) is 0 Å². The molecule has 1 amide bonds. The SMILES string of the molecule is O=C(NCCNc1ncccn1)C1C[C@H]2CCC[C@@H](C1)C2=O. The number of ketones is 1. The maximum absolute atomic E-state index is 12.3. The van der Waals surface area contributed by atoms with E-state index in [0.717, 1.165) is 32.1 Å². The zero-order valence-electron chi connectivity index (χ0n) is 12.6. The summed E-state index contributed by atoms with van der Waals surface area (Å²) in [5, 5.41) is 6.02. The highest BCUT2D eigenvalue weighted by molar-refractivity contribution is 5.88. The van der Waals surface area contributed by atoms with Crippen molar-refractivity contribution in [3.63, 3.8) is 0 Å². The lowest BCUT2D eigenvalue weighted by Gasteiger charge is -2.36. The Morgan fingerprint density at radius 1 is 1.14 bits per heavy atom. The smallest absolute Gasteiger partial charge is 0.223 e. The molecule has 2 aliphatic carbocycles. The van der Waals surface area contributed by atoms with Gasteiger partial charge in [-0.3, -0.25) is 9.59 Å². The van der Waals surface area contributed by atoms with Crippen LogP contribution in [0.25, 0.3) is 0 Å². The molecule has 2 aliphatic rings. The van der Waals surface area contributed by atoms with Crippen LogP contribution in [0.1, 0.15) is 32.1 Å². The fraction of sp³-hybridized carbons (Fsp3) is 0.625. The van der Waals surface area contributed by atoms with E-state index < -0.39 is 0 Å². The number of rotatable bonds is 5. The minimum absolute atomic E-state index is 0.000903. The third kappa shape index (κ3) is 3.43. The highest BCUT2D eigenvalue weighted by Gasteiger charge is 2.41. The molecule has 118 valence electrons. The van der Waals surface area contributed by atoms with Gasteiger partial charge in [0.1, 0.15) is 5.78 Å². The van der Waals surface area contributed by atoms with Crippen molar-refractivity contribution in [1.82, 2.24) is 15.3 Å².